The van der Waals surface area contributed by atoms with Gasteiger partial charge in [0.05, 0.1) is 0 Å². The Kier molecular flexibility index (Phi) is 11.7. The van der Waals surface area contributed by atoms with Crippen molar-refractivity contribution in [1.29, 1.82) is 0 Å². The van der Waals surface area contributed by atoms with Crippen molar-refractivity contribution < 1.29 is 24.6 Å². The number of carboxylic acids is 2. The first kappa shape index (κ1) is 29.6. The van der Waals surface area contributed by atoms with E-state index in [4.69, 9.17) is 19.8 Å². The summed E-state index contributed by atoms with van der Waals surface area (Å²) in [5.74, 6) is -3.20. The summed E-state index contributed by atoms with van der Waals surface area (Å²) in [4.78, 5) is 36.4. The van der Waals surface area contributed by atoms with E-state index in [1.165, 1.54) is 22.3 Å². The second-order valence-corrected chi connectivity index (χ2v) is 9.81. The number of benzene rings is 3. The highest BCUT2D eigenvalue weighted by molar-refractivity contribution is 6.27. The average molecular weight is 531 g/mol. The molecule has 0 saturated carbocycles. The Morgan fingerprint density at radius 2 is 1.26 bits per heavy atom. The van der Waals surface area contributed by atoms with Crippen LogP contribution in [-0.2, 0) is 40.3 Å². The molecule has 0 atom stereocenters. The lowest BCUT2D eigenvalue weighted by molar-refractivity contribution is -0.159. The zero-order chi connectivity index (χ0) is 28.0. The largest absolute Gasteiger partial charge is 0.473 e. The van der Waals surface area contributed by atoms with Gasteiger partial charge in [-0.2, -0.15) is 0 Å². The molecule has 1 amide bonds. The number of carbonyl (C=O) groups excluding carboxylic acids is 1. The van der Waals surface area contributed by atoms with Gasteiger partial charge in [0.25, 0.3) is 0 Å². The third-order valence-corrected chi connectivity index (χ3v) is 7.00. The molecule has 1 aliphatic rings. The van der Waals surface area contributed by atoms with Crippen molar-refractivity contribution in [2.24, 2.45) is 5.92 Å². The fourth-order valence-electron chi connectivity index (χ4n) is 4.71. The van der Waals surface area contributed by atoms with Crippen molar-refractivity contribution in [3.05, 3.63) is 107 Å². The maximum absolute atomic E-state index is 13.6. The van der Waals surface area contributed by atoms with Gasteiger partial charge in [-0.05, 0) is 61.0 Å². The second-order valence-electron chi connectivity index (χ2n) is 9.81. The zero-order valence-electron chi connectivity index (χ0n) is 22.5. The standard InChI is InChI=1S/C30H36N2O.C2H2O4/c1-2-25-13-15-28(16-14-25)23-31-20-18-29(19-21-31)30(33)32(24-27-11-7-4-8-12-27)22-17-26-9-5-3-6-10-26;3-1(4)2(5)6/h3-16,29H,2,17-24H2,1H3;(H,3,4)(H,5,6). The van der Waals surface area contributed by atoms with E-state index in [9.17, 15) is 4.79 Å². The summed E-state index contributed by atoms with van der Waals surface area (Å²) in [6.07, 6.45) is 3.87. The van der Waals surface area contributed by atoms with Crippen LogP contribution < -0.4 is 0 Å². The number of amides is 1. The molecule has 0 unspecified atom stereocenters. The topological polar surface area (TPSA) is 98.2 Å². The minimum absolute atomic E-state index is 0.128. The third kappa shape index (κ3) is 10.0. The van der Waals surface area contributed by atoms with Crippen molar-refractivity contribution in [3.8, 4) is 0 Å². The first-order valence-electron chi connectivity index (χ1n) is 13.5. The molecule has 7 heteroatoms. The molecule has 7 nitrogen and oxygen atoms in total. The van der Waals surface area contributed by atoms with Crippen molar-refractivity contribution in [2.75, 3.05) is 19.6 Å². The van der Waals surface area contributed by atoms with Gasteiger partial charge < -0.3 is 15.1 Å². The fraction of sp³-hybridized carbons (Fsp3) is 0.344. The van der Waals surface area contributed by atoms with Gasteiger partial charge in [0.15, 0.2) is 0 Å². The number of aliphatic carboxylic acids is 2. The van der Waals surface area contributed by atoms with Crippen LogP contribution >= 0.6 is 0 Å². The zero-order valence-corrected chi connectivity index (χ0v) is 22.5. The van der Waals surface area contributed by atoms with Crippen LogP contribution in [0.2, 0.25) is 0 Å². The quantitative estimate of drug-likeness (QED) is 0.383. The summed E-state index contributed by atoms with van der Waals surface area (Å²) in [6.45, 7) is 6.61. The van der Waals surface area contributed by atoms with Gasteiger partial charge in [-0.3, -0.25) is 9.69 Å². The Bertz CT molecular complexity index is 1160. The molecule has 2 N–H and O–H groups in total. The molecule has 0 aromatic heterocycles. The van der Waals surface area contributed by atoms with Crippen LogP contribution in [0.25, 0.3) is 0 Å². The van der Waals surface area contributed by atoms with Gasteiger partial charge in [0.1, 0.15) is 0 Å². The Morgan fingerprint density at radius 1 is 0.744 bits per heavy atom. The summed E-state index contributed by atoms with van der Waals surface area (Å²) in [7, 11) is 0. The van der Waals surface area contributed by atoms with Gasteiger partial charge in [-0.25, -0.2) is 9.59 Å². The number of hydrogen-bond donors (Lipinski definition) is 2. The highest BCUT2D eigenvalue weighted by Gasteiger charge is 2.28. The van der Waals surface area contributed by atoms with Gasteiger partial charge in [0, 0.05) is 25.6 Å². The maximum atomic E-state index is 13.6. The number of likely N-dealkylation sites (tertiary alicyclic amines) is 1. The third-order valence-electron chi connectivity index (χ3n) is 7.00. The molecule has 39 heavy (non-hydrogen) atoms. The summed E-state index contributed by atoms with van der Waals surface area (Å²) in [5, 5.41) is 14.8. The maximum Gasteiger partial charge on any atom is 0.414 e. The Labute approximate surface area is 230 Å². The van der Waals surface area contributed by atoms with Crippen LogP contribution in [0.5, 0.6) is 0 Å². The first-order chi connectivity index (χ1) is 18.9. The first-order valence-corrected chi connectivity index (χ1v) is 13.5. The van der Waals surface area contributed by atoms with Crippen LogP contribution in [0, 0.1) is 5.92 Å². The smallest absolute Gasteiger partial charge is 0.414 e. The number of nitrogens with zero attached hydrogens (tertiary/aromatic N) is 2. The summed E-state index contributed by atoms with van der Waals surface area (Å²) < 4.78 is 0. The molecular weight excluding hydrogens is 492 g/mol. The van der Waals surface area contributed by atoms with Crippen molar-refractivity contribution in [2.45, 2.75) is 45.7 Å². The molecule has 0 bridgehead atoms. The summed E-state index contributed by atoms with van der Waals surface area (Å²) in [6, 6.07) is 29.9. The molecule has 3 aromatic carbocycles. The van der Waals surface area contributed by atoms with E-state index >= 15 is 0 Å². The van der Waals surface area contributed by atoms with Crippen molar-refractivity contribution in [1.82, 2.24) is 9.80 Å². The molecule has 1 fully saturated rings. The van der Waals surface area contributed by atoms with Gasteiger partial charge >= 0.3 is 11.9 Å². The van der Waals surface area contributed by atoms with E-state index in [0.717, 1.165) is 51.9 Å². The minimum atomic E-state index is -1.82. The Hall–Kier alpha value is -3.97. The van der Waals surface area contributed by atoms with E-state index in [-0.39, 0.29) is 5.92 Å². The monoisotopic (exact) mass is 530 g/mol. The predicted molar refractivity (Wildman–Crippen MR) is 151 cm³/mol. The number of carboxylic acid groups (broad SMARTS) is 2. The molecular formula is C32H38N2O5. The highest BCUT2D eigenvalue weighted by Crippen LogP contribution is 2.23. The molecule has 4 rings (SSSR count). The Morgan fingerprint density at radius 3 is 1.77 bits per heavy atom. The molecule has 3 aromatic rings. The van der Waals surface area contributed by atoms with Gasteiger partial charge in [0.2, 0.25) is 5.91 Å². The number of rotatable bonds is 9. The molecule has 206 valence electrons. The predicted octanol–water partition coefficient (Wildman–Crippen LogP) is 4.89. The molecule has 0 spiro atoms. The average Bonchev–Trinajstić information content (AvgIpc) is 2.97. The number of piperidine rings is 1. The highest BCUT2D eigenvalue weighted by atomic mass is 16.4. The number of hydrogen-bond acceptors (Lipinski definition) is 4. The fourth-order valence-corrected chi connectivity index (χ4v) is 4.71. The molecule has 1 saturated heterocycles. The van der Waals surface area contributed by atoms with Crippen LogP contribution in [0.1, 0.15) is 42.0 Å². The van der Waals surface area contributed by atoms with E-state index in [2.05, 4.69) is 89.5 Å². The van der Waals surface area contributed by atoms with Crippen LogP contribution in [0.3, 0.4) is 0 Å². The lowest BCUT2D eigenvalue weighted by Crippen LogP contribution is -2.42. The number of carbonyl (C=O) groups is 3. The van der Waals surface area contributed by atoms with E-state index in [1.54, 1.807) is 0 Å². The lowest BCUT2D eigenvalue weighted by Gasteiger charge is -2.34. The molecule has 0 aliphatic carbocycles. The molecule has 1 aliphatic heterocycles. The van der Waals surface area contributed by atoms with Gasteiger partial charge in [-0.15, -0.1) is 0 Å². The SMILES string of the molecule is CCc1ccc(CN2CCC(C(=O)N(CCc3ccccc3)Cc3ccccc3)CC2)cc1.O=C(O)C(=O)O. The second kappa shape index (κ2) is 15.4. The van der Waals surface area contributed by atoms with Crippen molar-refractivity contribution >= 4 is 17.8 Å². The van der Waals surface area contributed by atoms with Crippen molar-refractivity contribution in [3.63, 3.8) is 0 Å². The van der Waals surface area contributed by atoms with Crippen LogP contribution in [0.4, 0.5) is 0 Å². The number of aryl methyl sites for hydroxylation is 1. The summed E-state index contributed by atoms with van der Waals surface area (Å²) >= 11 is 0. The van der Waals surface area contributed by atoms with E-state index in [1.807, 2.05) is 12.1 Å². The summed E-state index contributed by atoms with van der Waals surface area (Å²) in [5.41, 5.74) is 5.24. The normalized spacial score (nSPS) is 13.7. The molecule has 0 radical (unpaired) electrons. The van der Waals surface area contributed by atoms with E-state index in [0.29, 0.717) is 12.5 Å². The lowest BCUT2D eigenvalue weighted by atomic mass is 9.94. The van der Waals surface area contributed by atoms with Gasteiger partial charge in [-0.1, -0.05) is 91.9 Å². The molecule has 1 heterocycles. The van der Waals surface area contributed by atoms with Crippen LogP contribution in [0.15, 0.2) is 84.9 Å². The Balaban J connectivity index is 0.000000631. The van der Waals surface area contributed by atoms with Crippen LogP contribution in [-0.4, -0.2) is 57.5 Å². The van der Waals surface area contributed by atoms with E-state index < -0.39 is 11.9 Å². The minimum Gasteiger partial charge on any atom is -0.473 e.